The maximum absolute atomic E-state index is 5.49. The first kappa shape index (κ1) is 12.0. The SMILES string of the molecule is CCCOCC(C)CC(C)CC. The Morgan fingerprint density at radius 3 is 2.25 bits per heavy atom. The van der Waals surface area contributed by atoms with Crippen LogP contribution in [0.2, 0.25) is 0 Å². The Hall–Kier alpha value is -0.0400. The largest absolute Gasteiger partial charge is 0.381 e. The van der Waals surface area contributed by atoms with Crippen LogP contribution in [0.3, 0.4) is 0 Å². The van der Waals surface area contributed by atoms with E-state index in [4.69, 9.17) is 4.74 Å². The third-order valence-corrected chi connectivity index (χ3v) is 2.25. The molecule has 74 valence electrons. The maximum atomic E-state index is 5.49. The van der Waals surface area contributed by atoms with E-state index < -0.39 is 0 Å². The average Bonchev–Trinajstić information content (AvgIpc) is 2.05. The van der Waals surface area contributed by atoms with Gasteiger partial charge >= 0.3 is 0 Å². The molecule has 0 aromatic rings. The lowest BCUT2D eigenvalue weighted by atomic mass is 9.96. The van der Waals surface area contributed by atoms with Crippen molar-refractivity contribution in [3.63, 3.8) is 0 Å². The number of hydrogen-bond acceptors (Lipinski definition) is 1. The maximum Gasteiger partial charge on any atom is 0.0491 e. The van der Waals surface area contributed by atoms with Gasteiger partial charge < -0.3 is 4.74 Å². The standard InChI is InChI=1S/C11H24O/c1-5-7-12-9-11(4)8-10(3)6-2/h10-11H,5-9H2,1-4H3. The quantitative estimate of drug-likeness (QED) is 0.534. The highest BCUT2D eigenvalue weighted by Crippen LogP contribution is 2.14. The smallest absolute Gasteiger partial charge is 0.0491 e. The lowest BCUT2D eigenvalue weighted by Crippen LogP contribution is -2.10. The van der Waals surface area contributed by atoms with Gasteiger partial charge in [0.1, 0.15) is 0 Å². The summed E-state index contributed by atoms with van der Waals surface area (Å²) in [6, 6.07) is 0. The van der Waals surface area contributed by atoms with Crippen molar-refractivity contribution in [2.24, 2.45) is 11.8 Å². The molecule has 0 aromatic heterocycles. The van der Waals surface area contributed by atoms with E-state index in [-0.39, 0.29) is 0 Å². The number of hydrogen-bond donors (Lipinski definition) is 0. The van der Waals surface area contributed by atoms with Crippen LogP contribution in [0.4, 0.5) is 0 Å². The Balaban J connectivity index is 3.26. The molecule has 2 unspecified atom stereocenters. The molecule has 2 atom stereocenters. The van der Waals surface area contributed by atoms with Crippen LogP contribution in [0.1, 0.15) is 47.0 Å². The van der Waals surface area contributed by atoms with Crippen LogP contribution < -0.4 is 0 Å². The van der Waals surface area contributed by atoms with Crippen molar-refractivity contribution in [1.29, 1.82) is 0 Å². The first-order chi connectivity index (χ1) is 5.70. The molecule has 0 heterocycles. The van der Waals surface area contributed by atoms with Crippen LogP contribution in [-0.4, -0.2) is 13.2 Å². The van der Waals surface area contributed by atoms with E-state index in [0.717, 1.165) is 31.5 Å². The first-order valence-corrected chi connectivity index (χ1v) is 5.28. The summed E-state index contributed by atoms with van der Waals surface area (Å²) < 4.78 is 5.49. The van der Waals surface area contributed by atoms with Crippen molar-refractivity contribution in [3.8, 4) is 0 Å². The molecule has 0 saturated carbocycles. The molecule has 0 amide bonds. The van der Waals surface area contributed by atoms with Crippen molar-refractivity contribution in [2.75, 3.05) is 13.2 Å². The average molecular weight is 172 g/mol. The Morgan fingerprint density at radius 1 is 1.08 bits per heavy atom. The Bertz CT molecular complexity index is 91.0. The van der Waals surface area contributed by atoms with Crippen molar-refractivity contribution in [2.45, 2.75) is 47.0 Å². The molecule has 0 aromatic carbocycles. The zero-order valence-corrected chi connectivity index (χ0v) is 9.10. The van der Waals surface area contributed by atoms with Gasteiger partial charge in [0.25, 0.3) is 0 Å². The van der Waals surface area contributed by atoms with E-state index in [1.807, 2.05) is 0 Å². The summed E-state index contributed by atoms with van der Waals surface area (Å²) in [6.07, 6.45) is 3.73. The molecule has 0 aliphatic heterocycles. The molecular weight excluding hydrogens is 148 g/mol. The fraction of sp³-hybridized carbons (Fsp3) is 1.00. The van der Waals surface area contributed by atoms with Gasteiger partial charge in [-0.15, -0.1) is 0 Å². The summed E-state index contributed by atoms with van der Waals surface area (Å²) in [7, 11) is 0. The van der Waals surface area contributed by atoms with Gasteiger partial charge in [-0.25, -0.2) is 0 Å². The topological polar surface area (TPSA) is 9.23 Å². The minimum absolute atomic E-state index is 0.728. The Labute approximate surface area is 77.5 Å². The van der Waals surface area contributed by atoms with Crippen molar-refractivity contribution in [3.05, 3.63) is 0 Å². The number of rotatable bonds is 7. The molecule has 0 bridgehead atoms. The summed E-state index contributed by atoms with van der Waals surface area (Å²) >= 11 is 0. The molecule has 0 aliphatic carbocycles. The molecule has 12 heavy (non-hydrogen) atoms. The Morgan fingerprint density at radius 2 is 1.75 bits per heavy atom. The van der Waals surface area contributed by atoms with Crippen molar-refractivity contribution < 1.29 is 4.74 Å². The normalized spacial score (nSPS) is 16.0. The molecular formula is C11H24O. The van der Waals surface area contributed by atoms with Gasteiger partial charge in [0.15, 0.2) is 0 Å². The molecule has 1 heteroatoms. The number of ether oxygens (including phenoxy) is 1. The minimum atomic E-state index is 0.728. The molecule has 1 nitrogen and oxygen atoms in total. The fourth-order valence-corrected chi connectivity index (χ4v) is 1.35. The van der Waals surface area contributed by atoms with Crippen LogP contribution in [-0.2, 0) is 4.74 Å². The van der Waals surface area contributed by atoms with Gasteiger partial charge in [-0.1, -0.05) is 34.1 Å². The van der Waals surface area contributed by atoms with E-state index in [2.05, 4.69) is 27.7 Å². The zero-order chi connectivity index (χ0) is 9.40. The summed E-state index contributed by atoms with van der Waals surface area (Å²) in [5, 5.41) is 0. The van der Waals surface area contributed by atoms with E-state index in [1.165, 1.54) is 12.8 Å². The second-order valence-electron chi connectivity index (χ2n) is 3.93. The van der Waals surface area contributed by atoms with Crippen LogP contribution in [0.15, 0.2) is 0 Å². The second-order valence-corrected chi connectivity index (χ2v) is 3.93. The van der Waals surface area contributed by atoms with E-state index in [1.54, 1.807) is 0 Å². The van der Waals surface area contributed by atoms with Crippen LogP contribution in [0.5, 0.6) is 0 Å². The highest BCUT2D eigenvalue weighted by molar-refractivity contribution is 4.57. The highest BCUT2D eigenvalue weighted by atomic mass is 16.5. The monoisotopic (exact) mass is 172 g/mol. The van der Waals surface area contributed by atoms with Gasteiger partial charge in [0.2, 0.25) is 0 Å². The van der Waals surface area contributed by atoms with Gasteiger partial charge in [0.05, 0.1) is 0 Å². The molecule has 0 radical (unpaired) electrons. The summed E-state index contributed by atoms with van der Waals surface area (Å²) in [6.45, 7) is 10.9. The summed E-state index contributed by atoms with van der Waals surface area (Å²) in [4.78, 5) is 0. The van der Waals surface area contributed by atoms with Crippen LogP contribution in [0.25, 0.3) is 0 Å². The van der Waals surface area contributed by atoms with E-state index >= 15 is 0 Å². The van der Waals surface area contributed by atoms with Crippen LogP contribution >= 0.6 is 0 Å². The third-order valence-electron chi connectivity index (χ3n) is 2.25. The molecule has 0 saturated heterocycles. The fourth-order valence-electron chi connectivity index (χ4n) is 1.35. The molecule has 0 fully saturated rings. The molecule has 0 aliphatic rings. The van der Waals surface area contributed by atoms with Crippen molar-refractivity contribution in [1.82, 2.24) is 0 Å². The first-order valence-electron chi connectivity index (χ1n) is 5.28. The molecule has 0 spiro atoms. The van der Waals surface area contributed by atoms with Crippen LogP contribution in [0, 0.1) is 11.8 Å². The van der Waals surface area contributed by atoms with E-state index in [9.17, 15) is 0 Å². The highest BCUT2D eigenvalue weighted by Gasteiger charge is 2.06. The van der Waals surface area contributed by atoms with E-state index in [0.29, 0.717) is 0 Å². The summed E-state index contributed by atoms with van der Waals surface area (Å²) in [5.41, 5.74) is 0. The second kappa shape index (κ2) is 7.60. The van der Waals surface area contributed by atoms with Gasteiger partial charge in [-0.05, 0) is 24.7 Å². The van der Waals surface area contributed by atoms with Gasteiger partial charge in [0, 0.05) is 13.2 Å². The van der Waals surface area contributed by atoms with Gasteiger partial charge in [-0.2, -0.15) is 0 Å². The third kappa shape index (κ3) is 6.66. The minimum Gasteiger partial charge on any atom is -0.381 e. The lowest BCUT2D eigenvalue weighted by molar-refractivity contribution is 0.0971. The predicted octanol–water partition coefficient (Wildman–Crippen LogP) is 3.49. The predicted molar refractivity (Wildman–Crippen MR) is 54.3 cm³/mol. The summed E-state index contributed by atoms with van der Waals surface area (Å²) in [5.74, 6) is 1.58. The zero-order valence-electron chi connectivity index (χ0n) is 9.10. The lowest BCUT2D eigenvalue weighted by Gasteiger charge is -2.15. The van der Waals surface area contributed by atoms with Gasteiger partial charge in [-0.3, -0.25) is 0 Å². The molecule has 0 N–H and O–H groups in total. The Kier molecular flexibility index (Phi) is 7.58. The van der Waals surface area contributed by atoms with Crippen molar-refractivity contribution >= 4 is 0 Å². The molecule has 0 rings (SSSR count).